The van der Waals surface area contributed by atoms with Crippen LogP contribution in [0.3, 0.4) is 0 Å². The molecule has 0 spiro atoms. The molecule has 1 fully saturated rings. The lowest BCUT2D eigenvalue weighted by molar-refractivity contribution is -0.146. The van der Waals surface area contributed by atoms with Crippen LogP contribution in [-0.2, 0) is 16.1 Å². The first-order valence-corrected chi connectivity index (χ1v) is 11.5. The van der Waals surface area contributed by atoms with Crippen molar-refractivity contribution >= 4 is 17.7 Å². The number of nitrogens with one attached hydrogen (secondary N) is 1. The van der Waals surface area contributed by atoms with Gasteiger partial charge in [-0.1, -0.05) is 66.7 Å². The van der Waals surface area contributed by atoms with Gasteiger partial charge >= 0.3 is 5.97 Å². The molecular weight excluding hydrogens is 426 g/mol. The van der Waals surface area contributed by atoms with Crippen molar-refractivity contribution in [2.24, 2.45) is 11.7 Å². The Morgan fingerprint density at radius 3 is 1.97 bits per heavy atom. The molecular formula is C28H29N3O3. The summed E-state index contributed by atoms with van der Waals surface area (Å²) in [5, 5.41) is 7.49. The lowest BCUT2D eigenvalue weighted by atomic mass is 9.93. The molecule has 6 heteroatoms. The molecule has 1 amide bonds. The van der Waals surface area contributed by atoms with Crippen LogP contribution in [0.1, 0.15) is 40.7 Å². The number of likely N-dealkylation sites (tertiary alicyclic amines) is 1. The van der Waals surface area contributed by atoms with Crippen molar-refractivity contribution in [1.82, 2.24) is 4.90 Å². The molecule has 0 bridgehead atoms. The summed E-state index contributed by atoms with van der Waals surface area (Å²) in [6.45, 7) is 1.58. The third-order valence-corrected chi connectivity index (χ3v) is 6.26. The molecule has 6 nitrogen and oxygen atoms in total. The summed E-state index contributed by atoms with van der Waals surface area (Å²) in [5.41, 5.74) is 9.84. The van der Waals surface area contributed by atoms with Gasteiger partial charge in [0.1, 0.15) is 12.4 Å². The van der Waals surface area contributed by atoms with Gasteiger partial charge in [0.05, 0.1) is 0 Å². The van der Waals surface area contributed by atoms with Crippen LogP contribution >= 0.6 is 0 Å². The number of amidine groups is 1. The number of carbonyl (C=O) groups is 2. The molecule has 0 aromatic heterocycles. The molecule has 0 radical (unpaired) electrons. The molecule has 0 aliphatic carbocycles. The number of hydrogen-bond donors (Lipinski definition) is 2. The lowest BCUT2D eigenvalue weighted by Gasteiger charge is -2.31. The summed E-state index contributed by atoms with van der Waals surface area (Å²) in [4.78, 5) is 27.0. The van der Waals surface area contributed by atoms with Gasteiger partial charge < -0.3 is 15.4 Å². The molecule has 4 rings (SSSR count). The zero-order valence-corrected chi connectivity index (χ0v) is 19.1. The lowest BCUT2D eigenvalue weighted by Crippen LogP contribution is -2.39. The highest BCUT2D eigenvalue weighted by Gasteiger charge is 2.25. The van der Waals surface area contributed by atoms with Gasteiger partial charge in [-0.3, -0.25) is 15.0 Å². The standard InChI is InChI=1S/C28H29N3O3/c29-27(30)24-10-6-22(7-11-24)23-8-12-25(13-9-23)28(33)31-16-14-20(15-17-31)18-26(32)34-19-21-4-2-1-3-5-21/h1-13,20H,14-19H2,(H3,29,30). The molecule has 0 saturated carbocycles. The van der Waals surface area contributed by atoms with Gasteiger partial charge in [0.2, 0.25) is 0 Å². The molecule has 3 N–H and O–H groups in total. The van der Waals surface area contributed by atoms with Crippen molar-refractivity contribution in [2.45, 2.75) is 25.9 Å². The van der Waals surface area contributed by atoms with Crippen LogP contribution in [-0.4, -0.2) is 35.7 Å². The topological polar surface area (TPSA) is 96.5 Å². The molecule has 1 aliphatic heterocycles. The average molecular weight is 456 g/mol. The van der Waals surface area contributed by atoms with E-state index in [1.807, 2.05) is 83.8 Å². The first-order chi connectivity index (χ1) is 16.5. The average Bonchev–Trinajstić information content (AvgIpc) is 2.88. The Morgan fingerprint density at radius 2 is 1.41 bits per heavy atom. The number of esters is 1. The number of carbonyl (C=O) groups excluding carboxylic acids is 2. The molecule has 0 atom stereocenters. The van der Waals surface area contributed by atoms with E-state index >= 15 is 0 Å². The zero-order chi connectivity index (χ0) is 23.9. The first-order valence-electron chi connectivity index (χ1n) is 11.5. The highest BCUT2D eigenvalue weighted by molar-refractivity contribution is 5.96. The van der Waals surface area contributed by atoms with E-state index in [0.29, 0.717) is 37.2 Å². The number of rotatable bonds is 7. The maximum atomic E-state index is 13.0. The number of benzene rings is 3. The predicted octanol–water partition coefficient (Wildman–Crippen LogP) is 4.62. The van der Waals surface area contributed by atoms with E-state index in [9.17, 15) is 9.59 Å². The fourth-order valence-electron chi connectivity index (χ4n) is 4.20. The van der Waals surface area contributed by atoms with Crippen molar-refractivity contribution in [2.75, 3.05) is 13.1 Å². The number of nitrogens with zero attached hydrogens (tertiary/aromatic N) is 1. The molecule has 1 aliphatic rings. The van der Waals surface area contributed by atoms with Crippen LogP contribution in [0, 0.1) is 11.3 Å². The van der Waals surface area contributed by atoms with Crippen LogP contribution in [0.4, 0.5) is 0 Å². The van der Waals surface area contributed by atoms with E-state index in [0.717, 1.165) is 29.5 Å². The van der Waals surface area contributed by atoms with Crippen LogP contribution in [0.25, 0.3) is 11.1 Å². The Balaban J connectivity index is 1.26. The van der Waals surface area contributed by atoms with Crippen LogP contribution in [0.5, 0.6) is 0 Å². The number of nitrogens with two attached hydrogens (primary N) is 1. The first kappa shape index (κ1) is 23.2. The van der Waals surface area contributed by atoms with Crippen molar-refractivity contribution < 1.29 is 14.3 Å². The Hall–Kier alpha value is -3.93. The summed E-state index contributed by atoms with van der Waals surface area (Å²) in [6, 6.07) is 24.7. The van der Waals surface area contributed by atoms with Gasteiger partial charge in [0.15, 0.2) is 0 Å². The smallest absolute Gasteiger partial charge is 0.306 e. The molecule has 0 unspecified atom stereocenters. The number of nitrogen functional groups attached to an aromatic ring is 1. The Kier molecular flexibility index (Phi) is 7.38. The SMILES string of the molecule is N=C(N)c1ccc(-c2ccc(C(=O)N3CCC(CC(=O)OCc4ccccc4)CC3)cc2)cc1. The van der Waals surface area contributed by atoms with Crippen molar-refractivity contribution in [3.8, 4) is 11.1 Å². The number of hydrogen-bond acceptors (Lipinski definition) is 4. The number of piperidine rings is 1. The van der Waals surface area contributed by atoms with Crippen molar-refractivity contribution in [3.05, 3.63) is 95.6 Å². The van der Waals surface area contributed by atoms with E-state index in [4.69, 9.17) is 15.9 Å². The summed E-state index contributed by atoms with van der Waals surface area (Å²) < 4.78 is 5.40. The Bertz CT molecular complexity index is 1130. The minimum absolute atomic E-state index is 0.0172. The van der Waals surface area contributed by atoms with Crippen LogP contribution in [0.15, 0.2) is 78.9 Å². The zero-order valence-electron chi connectivity index (χ0n) is 19.1. The Morgan fingerprint density at radius 1 is 0.853 bits per heavy atom. The monoisotopic (exact) mass is 455 g/mol. The number of ether oxygens (including phenoxy) is 1. The second-order valence-corrected chi connectivity index (χ2v) is 8.65. The molecule has 174 valence electrons. The third kappa shape index (κ3) is 5.90. The normalized spacial score (nSPS) is 13.9. The van der Waals surface area contributed by atoms with Crippen molar-refractivity contribution in [3.63, 3.8) is 0 Å². The van der Waals surface area contributed by atoms with Gasteiger partial charge in [-0.15, -0.1) is 0 Å². The summed E-state index contributed by atoms with van der Waals surface area (Å²) >= 11 is 0. The molecule has 3 aromatic carbocycles. The predicted molar refractivity (Wildman–Crippen MR) is 132 cm³/mol. The van der Waals surface area contributed by atoms with Gasteiger partial charge in [0.25, 0.3) is 5.91 Å². The van der Waals surface area contributed by atoms with Gasteiger partial charge in [-0.2, -0.15) is 0 Å². The van der Waals surface area contributed by atoms with Gasteiger partial charge in [0, 0.05) is 30.6 Å². The summed E-state index contributed by atoms with van der Waals surface area (Å²) in [7, 11) is 0. The van der Waals surface area contributed by atoms with E-state index in [1.54, 1.807) is 0 Å². The maximum absolute atomic E-state index is 13.0. The minimum Gasteiger partial charge on any atom is -0.461 e. The second-order valence-electron chi connectivity index (χ2n) is 8.65. The second kappa shape index (κ2) is 10.8. The molecule has 3 aromatic rings. The highest BCUT2D eigenvalue weighted by atomic mass is 16.5. The molecule has 34 heavy (non-hydrogen) atoms. The van der Waals surface area contributed by atoms with E-state index in [-0.39, 0.29) is 23.6 Å². The van der Waals surface area contributed by atoms with E-state index in [1.165, 1.54) is 0 Å². The molecule has 1 heterocycles. The Labute approximate surface area is 199 Å². The van der Waals surface area contributed by atoms with Crippen LogP contribution < -0.4 is 5.73 Å². The van der Waals surface area contributed by atoms with Gasteiger partial charge in [-0.25, -0.2) is 0 Å². The molecule has 1 saturated heterocycles. The van der Waals surface area contributed by atoms with Crippen molar-refractivity contribution in [1.29, 1.82) is 5.41 Å². The largest absolute Gasteiger partial charge is 0.461 e. The fourth-order valence-corrected chi connectivity index (χ4v) is 4.20. The summed E-state index contributed by atoms with van der Waals surface area (Å²) in [6.07, 6.45) is 1.99. The van der Waals surface area contributed by atoms with E-state index < -0.39 is 0 Å². The minimum atomic E-state index is -0.180. The van der Waals surface area contributed by atoms with Gasteiger partial charge in [-0.05, 0) is 47.6 Å². The van der Waals surface area contributed by atoms with Crippen LogP contribution in [0.2, 0.25) is 0 Å². The highest BCUT2D eigenvalue weighted by Crippen LogP contribution is 2.24. The fraction of sp³-hybridized carbons (Fsp3) is 0.250. The number of amides is 1. The third-order valence-electron chi connectivity index (χ3n) is 6.26. The quantitative estimate of drug-likeness (QED) is 0.309. The van der Waals surface area contributed by atoms with E-state index in [2.05, 4.69) is 0 Å². The maximum Gasteiger partial charge on any atom is 0.306 e. The summed E-state index contributed by atoms with van der Waals surface area (Å²) in [5.74, 6) is 0.122.